The van der Waals surface area contributed by atoms with Gasteiger partial charge in [0.05, 0.1) is 11.6 Å². The van der Waals surface area contributed by atoms with E-state index in [0.717, 1.165) is 5.56 Å². The number of para-hydroxylation sites is 1. The van der Waals surface area contributed by atoms with Crippen LogP contribution in [0.15, 0.2) is 67.3 Å². The maximum absolute atomic E-state index is 12.8. The number of hydrogen-bond acceptors (Lipinski definition) is 2. The quantitative estimate of drug-likeness (QED) is 0.751. The van der Waals surface area contributed by atoms with Gasteiger partial charge in [-0.3, -0.25) is 4.79 Å². The SMILES string of the molecule is C=CCOc1ccccc1C(=O)N(C)C(C)c1ccccc1. The fraction of sp³-hybridized carbons (Fsp3) is 0.211. The third-order valence-corrected chi connectivity index (χ3v) is 3.66. The summed E-state index contributed by atoms with van der Waals surface area (Å²) in [5.74, 6) is 0.524. The zero-order chi connectivity index (χ0) is 15.9. The van der Waals surface area contributed by atoms with Crippen molar-refractivity contribution in [2.24, 2.45) is 0 Å². The van der Waals surface area contributed by atoms with Crippen molar-refractivity contribution in [2.75, 3.05) is 13.7 Å². The van der Waals surface area contributed by atoms with Crippen LogP contribution in [0.1, 0.15) is 28.9 Å². The number of benzene rings is 2. The van der Waals surface area contributed by atoms with Crippen molar-refractivity contribution in [1.82, 2.24) is 4.90 Å². The molecule has 2 aromatic carbocycles. The Bertz CT molecular complexity index is 637. The van der Waals surface area contributed by atoms with Gasteiger partial charge in [-0.2, -0.15) is 0 Å². The second-order valence-electron chi connectivity index (χ2n) is 5.10. The third-order valence-electron chi connectivity index (χ3n) is 3.66. The molecule has 0 fully saturated rings. The van der Waals surface area contributed by atoms with Gasteiger partial charge in [0.15, 0.2) is 0 Å². The predicted octanol–water partition coefficient (Wildman–Crippen LogP) is 4.08. The standard InChI is InChI=1S/C19H21NO2/c1-4-14-22-18-13-9-8-12-17(18)19(21)20(3)15(2)16-10-6-5-7-11-16/h4-13,15H,1,14H2,2-3H3. The summed E-state index contributed by atoms with van der Waals surface area (Å²) in [6.07, 6.45) is 1.66. The van der Waals surface area contributed by atoms with Gasteiger partial charge in [-0.15, -0.1) is 0 Å². The van der Waals surface area contributed by atoms with E-state index >= 15 is 0 Å². The lowest BCUT2D eigenvalue weighted by Crippen LogP contribution is -2.30. The first-order valence-electron chi connectivity index (χ1n) is 7.30. The van der Waals surface area contributed by atoms with E-state index in [9.17, 15) is 4.79 Å². The minimum Gasteiger partial charge on any atom is -0.489 e. The normalized spacial score (nSPS) is 11.5. The van der Waals surface area contributed by atoms with Gasteiger partial charge in [0.25, 0.3) is 5.91 Å². The molecule has 3 nitrogen and oxygen atoms in total. The summed E-state index contributed by atoms with van der Waals surface area (Å²) in [5.41, 5.74) is 1.66. The van der Waals surface area contributed by atoms with E-state index in [-0.39, 0.29) is 11.9 Å². The smallest absolute Gasteiger partial charge is 0.257 e. The van der Waals surface area contributed by atoms with Gasteiger partial charge in [-0.05, 0) is 24.6 Å². The molecular formula is C19H21NO2. The van der Waals surface area contributed by atoms with Crippen LogP contribution in [-0.2, 0) is 0 Å². The molecule has 0 radical (unpaired) electrons. The van der Waals surface area contributed by atoms with Gasteiger partial charge < -0.3 is 9.64 Å². The average Bonchev–Trinajstić information content (AvgIpc) is 2.59. The van der Waals surface area contributed by atoms with Crippen LogP contribution in [0.2, 0.25) is 0 Å². The molecule has 1 unspecified atom stereocenters. The summed E-state index contributed by atoms with van der Waals surface area (Å²) < 4.78 is 5.58. The summed E-state index contributed by atoms with van der Waals surface area (Å²) in [6.45, 7) is 6.02. The molecule has 1 atom stereocenters. The molecule has 0 heterocycles. The first-order chi connectivity index (χ1) is 10.6. The largest absolute Gasteiger partial charge is 0.489 e. The van der Waals surface area contributed by atoms with E-state index in [2.05, 4.69) is 6.58 Å². The molecule has 0 aliphatic carbocycles. The highest BCUT2D eigenvalue weighted by atomic mass is 16.5. The fourth-order valence-corrected chi connectivity index (χ4v) is 2.24. The molecule has 0 saturated heterocycles. The Kier molecular flexibility index (Phi) is 5.37. The molecule has 114 valence electrons. The second kappa shape index (κ2) is 7.46. The molecule has 0 spiro atoms. The number of nitrogens with zero attached hydrogens (tertiary/aromatic N) is 1. The van der Waals surface area contributed by atoms with Crippen LogP contribution < -0.4 is 4.74 Å². The minimum atomic E-state index is -0.0592. The lowest BCUT2D eigenvalue weighted by atomic mass is 10.1. The van der Waals surface area contributed by atoms with Crippen molar-refractivity contribution in [1.29, 1.82) is 0 Å². The predicted molar refractivity (Wildman–Crippen MR) is 89.1 cm³/mol. The lowest BCUT2D eigenvalue weighted by Gasteiger charge is -2.26. The van der Waals surface area contributed by atoms with E-state index in [1.807, 2.05) is 56.4 Å². The maximum atomic E-state index is 12.8. The summed E-state index contributed by atoms with van der Waals surface area (Å²) >= 11 is 0. The molecule has 0 aliphatic rings. The number of ether oxygens (including phenoxy) is 1. The Morgan fingerprint density at radius 1 is 1.18 bits per heavy atom. The van der Waals surface area contributed by atoms with Crippen LogP contribution in [0, 0.1) is 0 Å². The second-order valence-corrected chi connectivity index (χ2v) is 5.10. The van der Waals surface area contributed by atoms with Crippen molar-refractivity contribution in [3.8, 4) is 5.75 Å². The number of rotatable bonds is 6. The van der Waals surface area contributed by atoms with Gasteiger partial charge in [-0.25, -0.2) is 0 Å². The molecule has 0 saturated carbocycles. The summed E-state index contributed by atoms with van der Waals surface area (Å²) in [7, 11) is 1.81. The van der Waals surface area contributed by atoms with E-state index in [4.69, 9.17) is 4.74 Å². The van der Waals surface area contributed by atoms with Gasteiger partial charge in [0.1, 0.15) is 12.4 Å². The summed E-state index contributed by atoms with van der Waals surface area (Å²) in [4.78, 5) is 14.5. The topological polar surface area (TPSA) is 29.5 Å². The number of amides is 1. The van der Waals surface area contributed by atoms with Crippen LogP contribution in [-0.4, -0.2) is 24.5 Å². The maximum Gasteiger partial charge on any atom is 0.257 e. The third kappa shape index (κ3) is 3.55. The van der Waals surface area contributed by atoms with E-state index < -0.39 is 0 Å². The Hall–Kier alpha value is -2.55. The average molecular weight is 295 g/mol. The van der Waals surface area contributed by atoms with E-state index in [1.54, 1.807) is 23.1 Å². The molecule has 0 bridgehead atoms. The molecule has 2 rings (SSSR count). The Balaban J connectivity index is 2.22. The van der Waals surface area contributed by atoms with Crippen molar-refractivity contribution < 1.29 is 9.53 Å². The Morgan fingerprint density at radius 3 is 2.50 bits per heavy atom. The molecule has 0 aliphatic heterocycles. The Labute approximate surface area is 131 Å². The van der Waals surface area contributed by atoms with Crippen molar-refractivity contribution in [3.05, 3.63) is 78.4 Å². The van der Waals surface area contributed by atoms with Crippen LogP contribution in [0.4, 0.5) is 0 Å². The highest BCUT2D eigenvalue weighted by Gasteiger charge is 2.21. The van der Waals surface area contributed by atoms with Gasteiger partial charge in [-0.1, -0.05) is 55.1 Å². The van der Waals surface area contributed by atoms with Crippen LogP contribution in [0.25, 0.3) is 0 Å². The monoisotopic (exact) mass is 295 g/mol. The molecule has 0 N–H and O–H groups in total. The zero-order valence-corrected chi connectivity index (χ0v) is 13.0. The molecule has 22 heavy (non-hydrogen) atoms. The Morgan fingerprint density at radius 2 is 1.82 bits per heavy atom. The van der Waals surface area contributed by atoms with Gasteiger partial charge in [0, 0.05) is 7.05 Å². The van der Waals surface area contributed by atoms with E-state index in [0.29, 0.717) is 17.9 Å². The molecule has 1 amide bonds. The van der Waals surface area contributed by atoms with Gasteiger partial charge in [0.2, 0.25) is 0 Å². The first kappa shape index (κ1) is 15.8. The van der Waals surface area contributed by atoms with Gasteiger partial charge >= 0.3 is 0 Å². The van der Waals surface area contributed by atoms with Crippen molar-refractivity contribution in [3.63, 3.8) is 0 Å². The van der Waals surface area contributed by atoms with Crippen LogP contribution in [0.5, 0.6) is 5.75 Å². The highest BCUT2D eigenvalue weighted by Crippen LogP contribution is 2.24. The highest BCUT2D eigenvalue weighted by molar-refractivity contribution is 5.97. The fourth-order valence-electron chi connectivity index (χ4n) is 2.24. The van der Waals surface area contributed by atoms with Crippen molar-refractivity contribution >= 4 is 5.91 Å². The molecule has 0 aromatic heterocycles. The summed E-state index contributed by atoms with van der Waals surface area (Å²) in [6, 6.07) is 17.2. The zero-order valence-electron chi connectivity index (χ0n) is 13.0. The van der Waals surface area contributed by atoms with E-state index in [1.165, 1.54) is 0 Å². The van der Waals surface area contributed by atoms with Crippen LogP contribution >= 0.6 is 0 Å². The lowest BCUT2D eigenvalue weighted by molar-refractivity contribution is 0.0738. The number of hydrogen-bond donors (Lipinski definition) is 0. The molecule has 2 aromatic rings. The molecular weight excluding hydrogens is 274 g/mol. The molecule has 3 heteroatoms. The van der Waals surface area contributed by atoms with Crippen LogP contribution in [0.3, 0.4) is 0 Å². The number of carbonyl (C=O) groups excluding carboxylic acids is 1. The first-order valence-corrected chi connectivity index (χ1v) is 7.30. The minimum absolute atomic E-state index is 0.0128. The number of carbonyl (C=O) groups is 1. The van der Waals surface area contributed by atoms with Crippen molar-refractivity contribution in [2.45, 2.75) is 13.0 Å². The summed E-state index contributed by atoms with van der Waals surface area (Å²) in [5, 5.41) is 0.